The molecule has 84 valence electrons. The van der Waals surface area contributed by atoms with Gasteiger partial charge in [0.05, 0.1) is 0 Å². The first-order valence-electron chi connectivity index (χ1n) is 5.21. The molecule has 2 nitrogen and oxygen atoms in total. The van der Waals surface area contributed by atoms with Gasteiger partial charge in [-0.2, -0.15) is 0 Å². The van der Waals surface area contributed by atoms with Gasteiger partial charge in [0.25, 0.3) is 0 Å². The molecule has 0 N–H and O–H groups in total. The molecule has 0 aliphatic carbocycles. The van der Waals surface area contributed by atoms with E-state index in [0.717, 1.165) is 16.0 Å². The lowest BCUT2D eigenvalue weighted by Crippen LogP contribution is -2.09. The largest absolute Gasteiger partial charge is 0.349 e. The Hall–Kier alpha value is -0.510. The summed E-state index contributed by atoms with van der Waals surface area (Å²) in [5.41, 5.74) is 2.19. The highest BCUT2D eigenvalue weighted by molar-refractivity contribution is 7.80. The molecule has 0 saturated carbocycles. The highest BCUT2D eigenvalue weighted by atomic mass is 32.1. The van der Waals surface area contributed by atoms with Crippen molar-refractivity contribution in [2.24, 2.45) is 0 Å². The topological polar surface area (TPSA) is 18.5 Å². The Morgan fingerprint density at radius 1 is 1.20 bits per heavy atom. The Balaban J connectivity index is 2.85. The van der Waals surface area contributed by atoms with Crippen molar-refractivity contribution < 1.29 is 9.47 Å². The molecule has 1 rings (SSSR count). The van der Waals surface area contributed by atoms with Crippen LogP contribution in [0.1, 0.15) is 31.3 Å². The zero-order valence-corrected chi connectivity index (χ0v) is 10.4. The van der Waals surface area contributed by atoms with E-state index in [1.54, 1.807) is 0 Å². The average molecular weight is 226 g/mol. The fourth-order valence-corrected chi connectivity index (χ4v) is 1.51. The van der Waals surface area contributed by atoms with Gasteiger partial charge in [0.2, 0.25) is 0 Å². The van der Waals surface area contributed by atoms with Crippen LogP contribution >= 0.6 is 12.6 Å². The molecule has 0 aromatic heterocycles. The first kappa shape index (κ1) is 12.6. The van der Waals surface area contributed by atoms with Gasteiger partial charge >= 0.3 is 0 Å². The molecule has 0 spiro atoms. The van der Waals surface area contributed by atoms with Crippen LogP contribution in [0.15, 0.2) is 23.1 Å². The first-order valence-corrected chi connectivity index (χ1v) is 5.66. The minimum absolute atomic E-state index is 0.257. The predicted octanol–water partition coefficient (Wildman–Crippen LogP) is 3.36. The fraction of sp³-hybridized carbons (Fsp3) is 0.500. The highest BCUT2D eigenvalue weighted by Crippen LogP contribution is 2.23. The molecule has 1 aromatic carbocycles. The molecule has 0 bridgehead atoms. The third-order valence-corrected chi connectivity index (χ3v) is 2.63. The van der Waals surface area contributed by atoms with Crippen LogP contribution in [0.5, 0.6) is 0 Å². The molecular formula is C12H18O2S. The van der Waals surface area contributed by atoms with Crippen molar-refractivity contribution in [3.63, 3.8) is 0 Å². The summed E-state index contributed by atoms with van der Waals surface area (Å²) in [5.74, 6) is 0. The van der Waals surface area contributed by atoms with Crippen LogP contribution in [0.4, 0.5) is 0 Å². The van der Waals surface area contributed by atoms with Gasteiger partial charge in [0.15, 0.2) is 6.29 Å². The smallest absolute Gasteiger partial charge is 0.183 e. The van der Waals surface area contributed by atoms with Crippen LogP contribution in [0.25, 0.3) is 0 Å². The molecule has 0 fully saturated rings. The van der Waals surface area contributed by atoms with Crippen molar-refractivity contribution >= 4 is 12.6 Å². The van der Waals surface area contributed by atoms with Crippen molar-refractivity contribution in [1.29, 1.82) is 0 Å². The summed E-state index contributed by atoms with van der Waals surface area (Å²) in [5, 5.41) is 0. The normalized spacial score (nSPS) is 11.0. The Bertz CT molecular complexity index is 306. The van der Waals surface area contributed by atoms with Crippen LogP contribution in [-0.2, 0) is 9.47 Å². The van der Waals surface area contributed by atoms with Crippen LogP contribution in [0, 0.1) is 6.92 Å². The number of aryl methyl sites for hydroxylation is 1. The summed E-state index contributed by atoms with van der Waals surface area (Å²) in [7, 11) is 0. The molecule has 15 heavy (non-hydrogen) atoms. The van der Waals surface area contributed by atoms with Crippen LogP contribution in [-0.4, -0.2) is 13.2 Å². The van der Waals surface area contributed by atoms with Gasteiger partial charge in [-0.25, -0.2) is 0 Å². The molecule has 0 aliphatic rings. The number of thiol groups is 1. The summed E-state index contributed by atoms with van der Waals surface area (Å²) in [6.07, 6.45) is -0.257. The van der Waals surface area contributed by atoms with Gasteiger partial charge in [0.1, 0.15) is 0 Å². The number of benzene rings is 1. The van der Waals surface area contributed by atoms with E-state index in [9.17, 15) is 0 Å². The van der Waals surface area contributed by atoms with E-state index in [0.29, 0.717) is 13.2 Å². The Morgan fingerprint density at radius 3 is 2.27 bits per heavy atom. The quantitative estimate of drug-likeness (QED) is 0.613. The number of ether oxygens (including phenoxy) is 2. The predicted molar refractivity (Wildman–Crippen MR) is 64.4 cm³/mol. The minimum atomic E-state index is -0.257. The van der Waals surface area contributed by atoms with Crippen molar-refractivity contribution in [1.82, 2.24) is 0 Å². The summed E-state index contributed by atoms with van der Waals surface area (Å²) >= 11 is 4.34. The van der Waals surface area contributed by atoms with E-state index < -0.39 is 0 Å². The lowest BCUT2D eigenvalue weighted by molar-refractivity contribution is -0.140. The minimum Gasteiger partial charge on any atom is -0.349 e. The second kappa shape index (κ2) is 6.16. The molecule has 0 atom stereocenters. The van der Waals surface area contributed by atoms with Gasteiger partial charge in [-0.1, -0.05) is 6.07 Å². The van der Waals surface area contributed by atoms with Gasteiger partial charge in [0, 0.05) is 23.7 Å². The van der Waals surface area contributed by atoms with Gasteiger partial charge in [-0.05, 0) is 38.5 Å². The fourth-order valence-electron chi connectivity index (χ4n) is 1.37. The van der Waals surface area contributed by atoms with Crippen LogP contribution < -0.4 is 0 Å². The molecular weight excluding hydrogens is 208 g/mol. The monoisotopic (exact) mass is 226 g/mol. The first-order chi connectivity index (χ1) is 7.19. The third-order valence-electron chi connectivity index (χ3n) is 2.13. The summed E-state index contributed by atoms with van der Waals surface area (Å²) in [4.78, 5) is 0.991. The molecule has 3 heteroatoms. The molecule has 0 unspecified atom stereocenters. The zero-order chi connectivity index (χ0) is 11.3. The Morgan fingerprint density at radius 2 is 1.80 bits per heavy atom. The maximum atomic E-state index is 5.52. The number of hydrogen-bond donors (Lipinski definition) is 1. The van der Waals surface area contributed by atoms with Gasteiger partial charge in [-0.15, -0.1) is 12.6 Å². The lowest BCUT2D eigenvalue weighted by Gasteiger charge is -2.18. The lowest BCUT2D eigenvalue weighted by atomic mass is 10.1. The maximum absolute atomic E-state index is 5.52. The van der Waals surface area contributed by atoms with Crippen molar-refractivity contribution in [2.75, 3.05) is 13.2 Å². The van der Waals surface area contributed by atoms with E-state index >= 15 is 0 Å². The van der Waals surface area contributed by atoms with Crippen molar-refractivity contribution in [3.8, 4) is 0 Å². The van der Waals surface area contributed by atoms with E-state index in [1.807, 2.05) is 32.9 Å². The standard InChI is InChI=1S/C12H18O2S/c1-4-13-12(14-5-2)10-6-7-11(15)9(3)8-10/h6-8,12,15H,4-5H2,1-3H3. The van der Waals surface area contributed by atoms with E-state index in [2.05, 4.69) is 18.7 Å². The van der Waals surface area contributed by atoms with Crippen LogP contribution in [0.3, 0.4) is 0 Å². The molecule has 0 amide bonds. The van der Waals surface area contributed by atoms with Crippen LogP contribution in [0.2, 0.25) is 0 Å². The summed E-state index contributed by atoms with van der Waals surface area (Å²) in [6, 6.07) is 6.02. The highest BCUT2D eigenvalue weighted by Gasteiger charge is 2.11. The van der Waals surface area contributed by atoms with Crippen molar-refractivity contribution in [2.45, 2.75) is 32.0 Å². The van der Waals surface area contributed by atoms with E-state index in [-0.39, 0.29) is 6.29 Å². The average Bonchev–Trinajstić information content (AvgIpc) is 2.22. The van der Waals surface area contributed by atoms with Gasteiger partial charge in [-0.3, -0.25) is 0 Å². The zero-order valence-electron chi connectivity index (χ0n) is 9.49. The second-order valence-corrected chi connectivity index (χ2v) is 3.77. The second-order valence-electron chi connectivity index (χ2n) is 3.29. The maximum Gasteiger partial charge on any atom is 0.183 e. The number of hydrogen-bond acceptors (Lipinski definition) is 3. The number of rotatable bonds is 5. The SMILES string of the molecule is CCOC(OCC)c1ccc(S)c(C)c1. The Labute approximate surface area is 97.0 Å². The van der Waals surface area contributed by atoms with Crippen molar-refractivity contribution in [3.05, 3.63) is 29.3 Å². The molecule has 0 aliphatic heterocycles. The van der Waals surface area contributed by atoms with E-state index in [1.165, 1.54) is 0 Å². The molecule has 0 saturated heterocycles. The molecule has 0 heterocycles. The Kier molecular flexibility index (Phi) is 5.15. The molecule has 1 aromatic rings. The van der Waals surface area contributed by atoms with Gasteiger partial charge < -0.3 is 9.47 Å². The molecule has 0 radical (unpaired) electrons. The summed E-state index contributed by atoms with van der Waals surface area (Å²) in [6.45, 7) is 7.25. The van der Waals surface area contributed by atoms with E-state index in [4.69, 9.17) is 9.47 Å². The summed E-state index contributed by atoms with van der Waals surface area (Å²) < 4.78 is 11.0. The third kappa shape index (κ3) is 3.52.